The summed E-state index contributed by atoms with van der Waals surface area (Å²) in [4.78, 5) is 11.5. The van der Waals surface area contributed by atoms with Gasteiger partial charge in [-0.05, 0) is 36.3 Å². The van der Waals surface area contributed by atoms with Crippen LogP contribution in [-0.2, 0) is 21.2 Å². The summed E-state index contributed by atoms with van der Waals surface area (Å²) in [5.74, 6) is -0.210. The SMILES string of the molecule is CCCc1ccc(S(=O)(=O)NC2(C(=O)O)CCSC2)cc1. The zero-order chi connectivity index (χ0) is 15.5. The Morgan fingerprint density at radius 1 is 1.38 bits per heavy atom. The second-order valence-electron chi connectivity index (χ2n) is 5.19. The Labute approximate surface area is 129 Å². The van der Waals surface area contributed by atoms with Crippen LogP contribution in [0.25, 0.3) is 0 Å². The number of sulfonamides is 1. The van der Waals surface area contributed by atoms with Crippen LogP contribution in [0.15, 0.2) is 29.2 Å². The molecule has 1 unspecified atom stereocenters. The Bertz CT molecular complexity index is 604. The summed E-state index contributed by atoms with van der Waals surface area (Å²) >= 11 is 1.45. The normalized spacial score (nSPS) is 22.3. The van der Waals surface area contributed by atoms with Crippen LogP contribution >= 0.6 is 11.8 Å². The topological polar surface area (TPSA) is 83.5 Å². The molecule has 1 atom stereocenters. The monoisotopic (exact) mass is 329 g/mol. The maximum Gasteiger partial charge on any atom is 0.325 e. The number of aryl methyl sites for hydroxylation is 1. The number of carbonyl (C=O) groups is 1. The van der Waals surface area contributed by atoms with Crippen molar-refractivity contribution in [2.45, 2.75) is 36.6 Å². The van der Waals surface area contributed by atoms with E-state index in [4.69, 9.17) is 0 Å². The standard InChI is InChI=1S/C14H19NO4S2/c1-2-3-11-4-6-12(7-5-11)21(18,19)15-14(13(16)17)8-9-20-10-14/h4-7,15H,2-3,8-10H2,1H3,(H,16,17). The Kier molecular flexibility index (Phi) is 4.95. The van der Waals surface area contributed by atoms with Gasteiger partial charge >= 0.3 is 5.97 Å². The van der Waals surface area contributed by atoms with E-state index in [1.165, 1.54) is 23.9 Å². The fraction of sp³-hybridized carbons (Fsp3) is 0.500. The van der Waals surface area contributed by atoms with Gasteiger partial charge in [-0.1, -0.05) is 25.5 Å². The summed E-state index contributed by atoms with van der Waals surface area (Å²) < 4.78 is 27.2. The molecule has 0 bridgehead atoms. The summed E-state index contributed by atoms with van der Waals surface area (Å²) in [5.41, 5.74) is -0.313. The molecule has 1 fully saturated rings. The molecule has 2 N–H and O–H groups in total. The van der Waals surface area contributed by atoms with Crippen molar-refractivity contribution in [1.82, 2.24) is 4.72 Å². The largest absolute Gasteiger partial charge is 0.480 e. The zero-order valence-electron chi connectivity index (χ0n) is 11.8. The molecule has 0 aliphatic carbocycles. The number of aliphatic carboxylic acids is 1. The zero-order valence-corrected chi connectivity index (χ0v) is 13.5. The first-order chi connectivity index (χ1) is 9.89. The minimum absolute atomic E-state index is 0.111. The summed E-state index contributed by atoms with van der Waals surface area (Å²) in [6, 6.07) is 6.61. The van der Waals surface area contributed by atoms with Crippen molar-refractivity contribution in [2.24, 2.45) is 0 Å². The minimum Gasteiger partial charge on any atom is -0.480 e. The summed E-state index contributed by atoms with van der Waals surface area (Å²) in [7, 11) is -3.82. The Morgan fingerprint density at radius 2 is 2.05 bits per heavy atom. The number of thioether (sulfide) groups is 1. The lowest BCUT2D eigenvalue weighted by atomic mass is 10.0. The lowest BCUT2D eigenvalue weighted by molar-refractivity contribution is -0.142. The molecule has 5 nitrogen and oxygen atoms in total. The average molecular weight is 329 g/mol. The van der Waals surface area contributed by atoms with Gasteiger partial charge in [-0.25, -0.2) is 8.42 Å². The molecule has 0 saturated carbocycles. The van der Waals surface area contributed by atoms with Crippen LogP contribution < -0.4 is 4.72 Å². The van der Waals surface area contributed by atoms with Gasteiger partial charge in [0.05, 0.1) is 4.90 Å². The van der Waals surface area contributed by atoms with Crippen LogP contribution in [0.5, 0.6) is 0 Å². The molecule has 0 radical (unpaired) electrons. The molecule has 1 saturated heterocycles. The molecule has 1 aliphatic heterocycles. The fourth-order valence-electron chi connectivity index (χ4n) is 2.30. The first kappa shape index (κ1) is 16.3. The third-order valence-corrected chi connectivity index (χ3v) is 6.28. The molecule has 0 amide bonds. The van der Waals surface area contributed by atoms with E-state index < -0.39 is 21.5 Å². The molecule has 1 aliphatic rings. The molecule has 1 aromatic rings. The summed E-state index contributed by atoms with van der Waals surface area (Å²) in [6.45, 7) is 2.06. The Morgan fingerprint density at radius 3 is 2.52 bits per heavy atom. The molecule has 1 aromatic carbocycles. The predicted molar refractivity (Wildman–Crippen MR) is 83.1 cm³/mol. The summed E-state index contributed by atoms with van der Waals surface area (Å²) in [5, 5.41) is 9.35. The Hall–Kier alpha value is -1.05. The van der Waals surface area contributed by atoms with Crippen LogP contribution in [0.3, 0.4) is 0 Å². The number of nitrogens with one attached hydrogen (secondary N) is 1. The van der Waals surface area contributed by atoms with Crippen LogP contribution in [0, 0.1) is 0 Å². The van der Waals surface area contributed by atoms with Crippen molar-refractivity contribution in [3.05, 3.63) is 29.8 Å². The van der Waals surface area contributed by atoms with Crippen LogP contribution in [0.1, 0.15) is 25.3 Å². The van der Waals surface area contributed by atoms with Crippen molar-refractivity contribution < 1.29 is 18.3 Å². The fourth-order valence-corrected chi connectivity index (χ4v) is 5.10. The second kappa shape index (κ2) is 6.37. The number of benzene rings is 1. The van der Waals surface area contributed by atoms with E-state index in [-0.39, 0.29) is 10.6 Å². The van der Waals surface area contributed by atoms with Gasteiger partial charge in [0.25, 0.3) is 0 Å². The van der Waals surface area contributed by atoms with E-state index in [0.717, 1.165) is 18.4 Å². The number of carboxylic acids is 1. The Balaban J connectivity index is 2.23. The van der Waals surface area contributed by atoms with Gasteiger partial charge in [0.15, 0.2) is 0 Å². The van der Waals surface area contributed by atoms with Crippen LogP contribution in [0.4, 0.5) is 0 Å². The van der Waals surface area contributed by atoms with Crippen LogP contribution in [0.2, 0.25) is 0 Å². The van der Waals surface area contributed by atoms with E-state index in [2.05, 4.69) is 11.6 Å². The first-order valence-corrected chi connectivity index (χ1v) is 9.47. The van der Waals surface area contributed by atoms with Gasteiger partial charge in [0.1, 0.15) is 5.54 Å². The quantitative estimate of drug-likeness (QED) is 0.832. The smallest absolute Gasteiger partial charge is 0.325 e. The highest BCUT2D eigenvalue weighted by molar-refractivity contribution is 7.99. The van der Waals surface area contributed by atoms with E-state index in [1.54, 1.807) is 12.1 Å². The van der Waals surface area contributed by atoms with Crippen molar-refractivity contribution in [1.29, 1.82) is 0 Å². The molecule has 116 valence electrons. The van der Waals surface area contributed by atoms with Crippen molar-refractivity contribution in [3.8, 4) is 0 Å². The van der Waals surface area contributed by atoms with Gasteiger partial charge in [0.2, 0.25) is 10.0 Å². The van der Waals surface area contributed by atoms with Gasteiger partial charge in [0, 0.05) is 5.75 Å². The predicted octanol–water partition coefficient (Wildman–Crippen LogP) is 1.88. The molecule has 2 rings (SSSR count). The number of hydrogen-bond donors (Lipinski definition) is 2. The highest BCUT2D eigenvalue weighted by atomic mass is 32.2. The molecular weight excluding hydrogens is 310 g/mol. The van der Waals surface area contributed by atoms with Gasteiger partial charge < -0.3 is 5.11 Å². The van der Waals surface area contributed by atoms with Crippen LogP contribution in [-0.4, -0.2) is 36.5 Å². The maximum atomic E-state index is 12.4. The minimum atomic E-state index is -3.82. The van der Waals surface area contributed by atoms with Crippen molar-refractivity contribution in [2.75, 3.05) is 11.5 Å². The second-order valence-corrected chi connectivity index (χ2v) is 7.98. The third-order valence-electron chi connectivity index (χ3n) is 3.53. The van der Waals surface area contributed by atoms with E-state index in [0.29, 0.717) is 12.2 Å². The number of rotatable bonds is 6. The van der Waals surface area contributed by atoms with E-state index >= 15 is 0 Å². The molecule has 1 heterocycles. The van der Waals surface area contributed by atoms with Crippen molar-refractivity contribution in [3.63, 3.8) is 0 Å². The molecule has 0 aromatic heterocycles. The lowest BCUT2D eigenvalue weighted by Crippen LogP contribution is -2.54. The maximum absolute atomic E-state index is 12.4. The number of hydrogen-bond acceptors (Lipinski definition) is 4. The van der Waals surface area contributed by atoms with E-state index in [1.807, 2.05) is 0 Å². The van der Waals surface area contributed by atoms with E-state index in [9.17, 15) is 18.3 Å². The average Bonchev–Trinajstić information content (AvgIpc) is 2.89. The van der Waals surface area contributed by atoms with Gasteiger partial charge in [-0.2, -0.15) is 16.5 Å². The van der Waals surface area contributed by atoms with Gasteiger partial charge in [-0.15, -0.1) is 0 Å². The summed E-state index contributed by atoms with van der Waals surface area (Å²) in [6.07, 6.45) is 2.19. The third kappa shape index (κ3) is 3.59. The highest BCUT2D eigenvalue weighted by Crippen LogP contribution is 2.30. The first-order valence-electron chi connectivity index (χ1n) is 6.84. The lowest BCUT2D eigenvalue weighted by Gasteiger charge is -2.24. The number of carboxylic acid groups (broad SMARTS) is 1. The molecular formula is C14H19NO4S2. The van der Waals surface area contributed by atoms with Gasteiger partial charge in [-0.3, -0.25) is 4.79 Å². The molecule has 0 spiro atoms. The molecule has 7 heteroatoms. The highest BCUT2D eigenvalue weighted by Gasteiger charge is 2.45. The molecule has 21 heavy (non-hydrogen) atoms. The van der Waals surface area contributed by atoms with Crippen molar-refractivity contribution >= 4 is 27.8 Å².